The lowest BCUT2D eigenvalue weighted by Crippen LogP contribution is -2.51. The number of carbonyl (C=O) groups excluding carboxylic acids is 1. The van der Waals surface area contributed by atoms with Crippen LogP contribution in [0.4, 0.5) is 18.9 Å². The van der Waals surface area contributed by atoms with Gasteiger partial charge in [-0.3, -0.25) is 4.79 Å². The van der Waals surface area contributed by atoms with Crippen LogP contribution < -0.4 is 11.1 Å². The number of ether oxygens (including phenoxy) is 1. The number of benzene rings is 1. The first-order valence-corrected chi connectivity index (χ1v) is 9.63. The third-order valence-corrected chi connectivity index (χ3v) is 5.19. The summed E-state index contributed by atoms with van der Waals surface area (Å²) in [6, 6.07) is 6.08. The zero-order valence-electron chi connectivity index (χ0n) is 16.6. The highest BCUT2D eigenvalue weighted by Gasteiger charge is 2.56. The number of nitrogens with one attached hydrogen (secondary N) is 1. The SMILES string of the molecule is C[C@@]1(c2cc(NC(=O)c3ccc(C#CC4CC4)cn3)ccc2F)N=C(N)OCC1(F)F. The highest BCUT2D eigenvalue weighted by atomic mass is 19.3. The van der Waals surface area contributed by atoms with Gasteiger partial charge in [0.05, 0.1) is 0 Å². The monoisotopic (exact) mass is 428 g/mol. The number of anilines is 1. The van der Waals surface area contributed by atoms with E-state index >= 15 is 0 Å². The van der Waals surface area contributed by atoms with Gasteiger partial charge in [-0.15, -0.1) is 0 Å². The Morgan fingerprint density at radius 2 is 2.06 bits per heavy atom. The van der Waals surface area contributed by atoms with Crippen molar-refractivity contribution >= 4 is 17.6 Å². The Balaban J connectivity index is 1.56. The summed E-state index contributed by atoms with van der Waals surface area (Å²) in [4.78, 5) is 20.3. The van der Waals surface area contributed by atoms with E-state index in [2.05, 4.69) is 31.9 Å². The van der Waals surface area contributed by atoms with Crippen molar-refractivity contribution in [2.24, 2.45) is 16.6 Å². The summed E-state index contributed by atoms with van der Waals surface area (Å²) >= 11 is 0. The van der Waals surface area contributed by atoms with Crippen molar-refractivity contribution in [1.82, 2.24) is 4.98 Å². The van der Waals surface area contributed by atoms with Crippen LogP contribution in [0.15, 0.2) is 41.5 Å². The molecule has 1 aliphatic carbocycles. The molecule has 2 aliphatic rings. The van der Waals surface area contributed by atoms with E-state index in [1.54, 1.807) is 6.07 Å². The lowest BCUT2D eigenvalue weighted by atomic mass is 9.85. The van der Waals surface area contributed by atoms with Gasteiger partial charge in [0.25, 0.3) is 11.9 Å². The van der Waals surface area contributed by atoms with Crippen molar-refractivity contribution in [1.29, 1.82) is 0 Å². The molecule has 4 rings (SSSR count). The van der Waals surface area contributed by atoms with E-state index < -0.39 is 41.4 Å². The lowest BCUT2D eigenvalue weighted by molar-refractivity contribution is -0.117. The molecular formula is C22H19F3N4O2. The zero-order valence-corrected chi connectivity index (χ0v) is 16.6. The first-order chi connectivity index (χ1) is 14.7. The zero-order chi connectivity index (χ0) is 22.2. The van der Waals surface area contributed by atoms with E-state index in [1.165, 1.54) is 18.3 Å². The standard InChI is InChI=1S/C22H19F3N4O2/c1-21(22(24,25)12-31-20(26)29-21)16-10-15(7-8-17(16)23)28-19(30)18-9-6-14(11-27-18)5-4-13-2-3-13/h6-11,13H,2-3,12H2,1H3,(H2,26,29)(H,28,30)/t21-/m0/s1. The first kappa shape index (κ1) is 20.7. The highest BCUT2D eigenvalue weighted by Crippen LogP contribution is 2.44. The number of aliphatic imine (C=N–C) groups is 1. The fourth-order valence-electron chi connectivity index (χ4n) is 3.08. The molecule has 160 valence electrons. The molecule has 1 fully saturated rings. The largest absolute Gasteiger partial charge is 0.459 e. The van der Waals surface area contributed by atoms with Gasteiger partial charge in [-0.1, -0.05) is 11.8 Å². The molecular weight excluding hydrogens is 409 g/mol. The number of halogens is 3. The molecule has 2 heterocycles. The summed E-state index contributed by atoms with van der Waals surface area (Å²) in [6.45, 7) is 0.0319. The van der Waals surface area contributed by atoms with E-state index in [1.807, 2.05) is 0 Å². The van der Waals surface area contributed by atoms with E-state index in [4.69, 9.17) is 5.73 Å². The Bertz CT molecular complexity index is 1120. The molecule has 1 aromatic heterocycles. The van der Waals surface area contributed by atoms with Crippen molar-refractivity contribution in [2.45, 2.75) is 31.2 Å². The van der Waals surface area contributed by atoms with Crippen LogP contribution in [0.1, 0.15) is 41.4 Å². The van der Waals surface area contributed by atoms with Crippen LogP contribution >= 0.6 is 0 Å². The second kappa shape index (κ2) is 7.61. The maximum atomic E-state index is 14.5. The predicted octanol–water partition coefficient (Wildman–Crippen LogP) is 3.43. The highest BCUT2D eigenvalue weighted by molar-refractivity contribution is 6.02. The molecule has 1 aromatic carbocycles. The Kier molecular flexibility index (Phi) is 5.09. The topological polar surface area (TPSA) is 89.6 Å². The van der Waals surface area contributed by atoms with Crippen LogP contribution in [-0.4, -0.2) is 29.4 Å². The van der Waals surface area contributed by atoms with Gasteiger partial charge in [0, 0.05) is 28.9 Å². The van der Waals surface area contributed by atoms with Crippen molar-refractivity contribution in [2.75, 3.05) is 11.9 Å². The van der Waals surface area contributed by atoms with Crippen LogP contribution in [0.2, 0.25) is 0 Å². The average molecular weight is 428 g/mol. The molecule has 0 spiro atoms. The Labute approximate surface area is 176 Å². The summed E-state index contributed by atoms with van der Waals surface area (Å²) < 4.78 is 48.2. The summed E-state index contributed by atoms with van der Waals surface area (Å²) in [5.74, 6) is 1.54. The number of alkyl halides is 2. The van der Waals surface area contributed by atoms with Gasteiger partial charge in [-0.05, 0) is 50.1 Å². The van der Waals surface area contributed by atoms with Crippen LogP contribution in [0, 0.1) is 23.6 Å². The van der Waals surface area contributed by atoms with Crippen molar-refractivity contribution in [3.63, 3.8) is 0 Å². The quantitative estimate of drug-likeness (QED) is 0.733. The molecule has 0 saturated heterocycles. The van der Waals surface area contributed by atoms with Gasteiger partial charge in [-0.25, -0.2) is 14.4 Å². The van der Waals surface area contributed by atoms with Gasteiger partial charge in [-0.2, -0.15) is 8.78 Å². The Morgan fingerprint density at radius 3 is 2.74 bits per heavy atom. The minimum absolute atomic E-state index is 0.104. The first-order valence-electron chi connectivity index (χ1n) is 9.63. The second-order valence-electron chi connectivity index (χ2n) is 7.64. The molecule has 1 aliphatic heterocycles. The summed E-state index contributed by atoms with van der Waals surface area (Å²) in [5, 5.41) is 2.54. The van der Waals surface area contributed by atoms with Gasteiger partial charge in [0.1, 0.15) is 11.5 Å². The number of pyridine rings is 1. The summed E-state index contributed by atoms with van der Waals surface area (Å²) in [6.07, 6.45) is 3.70. The third-order valence-electron chi connectivity index (χ3n) is 5.19. The lowest BCUT2D eigenvalue weighted by Gasteiger charge is -2.37. The minimum Gasteiger partial charge on any atom is -0.459 e. The molecule has 1 atom stereocenters. The maximum absolute atomic E-state index is 14.5. The predicted molar refractivity (Wildman–Crippen MR) is 108 cm³/mol. The molecule has 3 N–H and O–H groups in total. The number of nitrogens with zero attached hydrogens (tertiary/aromatic N) is 2. The number of hydrogen-bond acceptors (Lipinski definition) is 5. The molecule has 2 aromatic rings. The van der Waals surface area contributed by atoms with E-state index in [0.717, 1.165) is 31.9 Å². The molecule has 31 heavy (non-hydrogen) atoms. The molecule has 0 radical (unpaired) electrons. The Hall–Kier alpha value is -3.54. The normalized spacial score (nSPS) is 21.9. The van der Waals surface area contributed by atoms with Crippen molar-refractivity contribution in [3.8, 4) is 11.8 Å². The second-order valence-corrected chi connectivity index (χ2v) is 7.64. The van der Waals surface area contributed by atoms with Crippen LogP contribution in [0.25, 0.3) is 0 Å². The number of aromatic nitrogens is 1. The number of amidine groups is 1. The average Bonchev–Trinajstić information content (AvgIpc) is 3.56. The molecule has 9 heteroatoms. The number of amides is 1. The molecule has 0 unspecified atom stereocenters. The molecule has 1 saturated carbocycles. The van der Waals surface area contributed by atoms with E-state index in [9.17, 15) is 18.0 Å². The molecule has 6 nitrogen and oxygen atoms in total. The smallest absolute Gasteiger partial charge is 0.310 e. The van der Waals surface area contributed by atoms with Crippen LogP contribution in [0.5, 0.6) is 0 Å². The maximum Gasteiger partial charge on any atom is 0.310 e. The van der Waals surface area contributed by atoms with E-state index in [0.29, 0.717) is 11.5 Å². The number of rotatable bonds is 3. The van der Waals surface area contributed by atoms with Gasteiger partial charge in [0.2, 0.25) is 0 Å². The van der Waals surface area contributed by atoms with Crippen molar-refractivity contribution < 1.29 is 22.7 Å². The third kappa shape index (κ3) is 4.19. The number of hydrogen-bond donors (Lipinski definition) is 2. The van der Waals surface area contributed by atoms with Gasteiger partial charge >= 0.3 is 5.92 Å². The Morgan fingerprint density at radius 1 is 1.29 bits per heavy atom. The summed E-state index contributed by atoms with van der Waals surface area (Å²) in [7, 11) is 0. The van der Waals surface area contributed by atoms with Crippen LogP contribution in [-0.2, 0) is 10.3 Å². The van der Waals surface area contributed by atoms with Gasteiger partial charge in [0.15, 0.2) is 12.1 Å². The van der Waals surface area contributed by atoms with Gasteiger partial charge < -0.3 is 15.8 Å². The molecule has 1 amide bonds. The number of nitrogens with two attached hydrogens (primary N) is 1. The fraction of sp³-hybridized carbons (Fsp3) is 0.318. The summed E-state index contributed by atoms with van der Waals surface area (Å²) in [5.41, 5.74) is 3.65. The van der Waals surface area contributed by atoms with Crippen molar-refractivity contribution in [3.05, 3.63) is 59.2 Å². The molecule has 0 bridgehead atoms. The number of carbonyl (C=O) groups is 1. The minimum atomic E-state index is -3.52. The fourth-order valence-corrected chi connectivity index (χ4v) is 3.08. The van der Waals surface area contributed by atoms with Crippen LogP contribution in [0.3, 0.4) is 0 Å². The van der Waals surface area contributed by atoms with E-state index in [-0.39, 0.29) is 11.4 Å².